The van der Waals surface area contributed by atoms with Crippen molar-refractivity contribution in [3.05, 3.63) is 27.9 Å². The molecular weight excluding hydrogens is 284 g/mol. The number of nitrogens with two attached hydrogens (primary N) is 1. The summed E-state index contributed by atoms with van der Waals surface area (Å²) in [6.07, 6.45) is 2.39. The van der Waals surface area contributed by atoms with Crippen LogP contribution < -0.4 is 11.3 Å². The number of aryl methyl sites for hydroxylation is 1. The van der Waals surface area contributed by atoms with Gasteiger partial charge in [0.1, 0.15) is 0 Å². The van der Waals surface area contributed by atoms with E-state index in [0.717, 1.165) is 6.42 Å². The summed E-state index contributed by atoms with van der Waals surface area (Å²) in [7, 11) is 0. The van der Waals surface area contributed by atoms with Gasteiger partial charge in [0.2, 0.25) is 0 Å². The van der Waals surface area contributed by atoms with E-state index in [-0.39, 0.29) is 41.1 Å². The number of H-pyrrole nitrogens is 1. The zero-order valence-corrected chi connectivity index (χ0v) is 11.7. The standard InChI is InChI=1S/C11H14N6O2.ClH/c1-6-4-17-9(10(18)13-6)8(14-15-17)11(19)16-3-2-7(12)5-16;/h4,7H,2-3,5,12H2,1H3,(H,13,18);1H. The minimum Gasteiger partial charge on any atom is -0.336 e. The lowest BCUT2D eigenvalue weighted by atomic mass is 10.3. The first-order valence-electron chi connectivity index (χ1n) is 6.06. The van der Waals surface area contributed by atoms with Crippen molar-refractivity contribution in [2.24, 2.45) is 5.73 Å². The number of hydrogen-bond donors (Lipinski definition) is 2. The van der Waals surface area contributed by atoms with Crippen LogP contribution in [0.1, 0.15) is 22.6 Å². The van der Waals surface area contributed by atoms with Crippen LogP contribution in [0.25, 0.3) is 5.52 Å². The summed E-state index contributed by atoms with van der Waals surface area (Å²) in [4.78, 5) is 28.5. The van der Waals surface area contributed by atoms with Crippen molar-refractivity contribution in [1.82, 2.24) is 24.7 Å². The zero-order chi connectivity index (χ0) is 13.6. The molecule has 3 rings (SSSR count). The first-order chi connectivity index (χ1) is 9.06. The van der Waals surface area contributed by atoms with E-state index in [1.165, 1.54) is 4.52 Å². The van der Waals surface area contributed by atoms with Crippen LogP contribution in [0.5, 0.6) is 0 Å². The molecule has 0 bridgehead atoms. The van der Waals surface area contributed by atoms with Gasteiger partial charge in [-0.15, -0.1) is 17.5 Å². The molecular formula is C11H15ClN6O2. The predicted octanol–water partition coefficient (Wildman–Crippen LogP) is -0.679. The van der Waals surface area contributed by atoms with Crippen LogP contribution in [0.4, 0.5) is 0 Å². The van der Waals surface area contributed by atoms with Crippen molar-refractivity contribution >= 4 is 23.8 Å². The Kier molecular flexibility index (Phi) is 3.78. The number of nitrogens with one attached hydrogen (secondary N) is 1. The summed E-state index contributed by atoms with van der Waals surface area (Å²) in [5, 5.41) is 7.65. The molecule has 1 saturated heterocycles. The minimum atomic E-state index is -0.364. The van der Waals surface area contributed by atoms with Crippen LogP contribution in [0.3, 0.4) is 0 Å². The number of nitrogens with zero attached hydrogens (tertiary/aromatic N) is 4. The largest absolute Gasteiger partial charge is 0.336 e. The van der Waals surface area contributed by atoms with E-state index in [9.17, 15) is 9.59 Å². The second-order valence-corrected chi connectivity index (χ2v) is 4.80. The maximum atomic E-state index is 12.3. The number of likely N-dealkylation sites (tertiary alicyclic amines) is 1. The van der Waals surface area contributed by atoms with E-state index < -0.39 is 0 Å². The van der Waals surface area contributed by atoms with Crippen molar-refractivity contribution in [3.63, 3.8) is 0 Å². The Labute approximate surface area is 120 Å². The average molecular weight is 299 g/mol. The van der Waals surface area contributed by atoms with Crippen LogP contribution in [-0.2, 0) is 0 Å². The third kappa shape index (κ3) is 2.27. The molecule has 3 N–H and O–H groups in total. The number of fused-ring (bicyclic) bond motifs is 1. The van der Waals surface area contributed by atoms with Gasteiger partial charge in [0.25, 0.3) is 11.5 Å². The number of amides is 1. The summed E-state index contributed by atoms with van der Waals surface area (Å²) in [6.45, 7) is 2.81. The SMILES string of the molecule is Cc1cn2nnc(C(=O)N3CCC(N)C3)c2c(=O)[nH]1.Cl. The Morgan fingerprint density at radius 3 is 2.95 bits per heavy atom. The lowest BCUT2D eigenvalue weighted by molar-refractivity contribution is 0.0787. The normalized spacial score (nSPS) is 18.3. The fraction of sp³-hybridized carbons (Fsp3) is 0.455. The van der Waals surface area contributed by atoms with Crippen molar-refractivity contribution in [2.75, 3.05) is 13.1 Å². The van der Waals surface area contributed by atoms with Gasteiger partial charge in [0, 0.05) is 24.8 Å². The van der Waals surface area contributed by atoms with Gasteiger partial charge < -0.3 is 15.6 Å². The van der Waals surface area contributed by atoms with E-state index in [1.807, 2.05) is 0 Å². The lowest BCUT2D eigenvalue weighted by Gasteiger charge is -2.13. The Bertz CT molecular complexity index is 708. The Hall–Kier alpha value is -1.93. The van der Waals surface area contributed by atoms with Gasteiger partial charge in [-0.2, -0.15) is 0 Å². The van der Waals surface area contributed by atoms with Crippen LogP contribution in [-0.4, -0.2) is 49.7 Å². The molecule has 0 radical (unpaired) electrons. The van der Waals surface area contributed by atoms with Crippen molar-refractivity contribution in [3.8, 4) is 0 Å². The molecule has 8 nitrogen and oxygen atoms in total. The molecule has 0 spiro atoms. The Morgan fingerprint density at radius 1 is 1.55 bits per heavy atom. The molecule has 1 unspecified atom stereocenters. The highest BCUT2D eigenvalue weighted by molar-refractivity contribution is 5.98. The highest BCUT2D eigenvalue weighted by Crippen LogP contribution is 2.13. The summed E-state index contributed by atoms with van der Waals surface area (Å²) >= 11 is 0. The Balaban J connectivity index is 0.00000147. The fourth-order valence-electron chi connectivity index (χ4n) is 2.32. The summed E-state index contributed by atoms with van der Waals surface area (Å²) in [6, 6.07) is -0.00804. The average Bonchev–Trinajstić information content (AvgIpc) is 2.94. The molecule has 0 aromatic carbocycles. The van der Waals surface area contributed by atoms with E-state index in [4.69, 9.17) is 5.73 Å². The molecule has 2 aromatic heterocycles. The summed E-state index contributed by atoms with van der Waals surface area (Å²) in [5.41, 5.74) is 6.32. The first kappa shape index (κ1) is 14.5. The van der Waals surface area contributed by atoms with Gasteiger partial charge in [-0.3, -0.25) is 9.59 Å². The number of carbonyl (C=O) groups excluding carboxylic acids is 1. The molecule has 0 saturated carbocycles. The van der Waals surface area contributed by atoms with Crippen molar-refractivity contribution < 1.29 is 4.79 Å². The minimum absolute atomic E-state index is 0. The summed E-state index contributed by atoms with van der Waals surface area (Å²) in [5.74, 6) is -0.294. The quantitative estimate of drug-likeness (QED) is 0.725. The third-order valence-corrected chi connectivity index (χ3v) is 3.25. The number of halogens is 1. The molecule has 2 aromatic rings. The zero-order valence-electron chi connectivity index (χ0n) is 10.9. The molecule has 0 aliphatic carbocycles. The van der Waals surface area contributed by atoms with Gasteiger partial charge in [-0.25, -0.2) is 4.52 Å². The highest BCUT2D eigenvalue weighted by atomic mass is 35.5. The maximum absolute atomic E-state index is 12.3. The van der Waals surface area contributed by atoms with E-state index >= 15 is 0 Å². The van der Waals surface area contributed by atoms with Crippen molar-refractivity contribution in [1.29, 1.82) is 0 Å². The lowest BCUT2D eigenvalue weighted by Crippen LogP contribution is -2.32. The summed E-state index contributed by atoms with van der Waals surface area (Å²) < 4.78 is 1.33. The predicted molar refractivity (Wildman–Crippen MR) is 74.1 cm³/mol. The number of rotatable bonds is 1. The van der Waals surface area contributed by atoms with Crippen LogP contribution in [0.15, 0.2) is 11.0 Å². The molecule has 1 atom stereocenters. The molecule has 1 amide bonds. The monoisotopic (exact) mass is 298 g/mol. The van der Waals surface area contributed by atoms with Crippen molar-refractivity contribution in [2.45, 2.75) is 19.4 Å². The number of hydrogen-bond acceptors (Lipinski definition) is 5. The second kappa shape index (κ2) is 5.22. The van der Waals surface area contributed by atoms with E-state index in [2.05, 4.69) is 15.3 Å². The smallest absolute Gasteiger partial charge is 0.276 e. The maximum Gasteiger partial charge on any atom is 0.276 e. The van der Waals surface area contributed by atoms with Crippen LogP contribution >= 0.6 is 12.4 Å². The first-order valence-corrected chi connectivity index (χ1v) is 6.06. The van der Waals surface area contributed by atoms with E-state index in [1.54, 1.807) is 18.0 Å². The molecule has 1 fully saturated rings. The number of carbonyl (C=O) groups is 1. The van der Waals surface area contributed by atoms with Gasteiger partial charge in [0.05, 0.1) is 6.20 Å². The van der Waals surface area contributed by atoms with Crippen LogP contribution in [0.2, 0.25) is 0 Å². The van der Waals surface area contributed by atoms with E-state index in [0.29, 0.717) is 18.8 Å². The molecule has 1 aliphatic rings. The topological polar surface area (TPSA) is 109 Å². The van der Waals surface area contributed by atoms with Crippen LogP contribution in [0, 0.1) is 6.92 Å². The molecule has 20 heavy (non-hydrogen) atoms. The fourth-order valence-corrected chi connectivity index (χ4v) is 2.32. The molecule has 9 heteroatoms. The molecule has 1 aliphatic heterocycles. The van der Waals surface area contributed by atoms with Gasteiger partial charge in [-0.1, -0.05) is 5.21 Å². The van der Waals surface area contributed by atoms with Gasteiger partial charge in [-0.05, 0) is 13.3 Å². The number of aromatic nitrogens is 4. The molecule has 3 heterocycles. The van der Waals surface area contributed by atoms with Gasteiger partial charge >= 0.3 is 0 Å². The highest BCUT2D eigenvalue weighted by Gasteiger charge is 2.28. The second-order valence-electron chi connectivity index (χ2n) is 4.80. The number of aromatic amines is 1. The Morgan fingerprint density at radius 2 is 2.30 bits per heavy atom. The molecule has 108 valence electrons. The third-order valence-electron chi connectivity index (χ3n) is 3.25. The van der Waals surface area contributed by atoms with Gasteiger partial charge in [0.15, 0.2) is 11.2 Å².